The van der Waals surface area contributed by atoms with Gasteiger partial charge in [0.25, 0.3) is 0 Å². The number of amides is 1. The van der Waals surface area contributed by atoms with Crippen LogP contribution in [0.15, 0.2) is 42.7 Å². The number of hydrogen-bond donors (Lipinski definition) is 0. The van der Waals surface area contributed by atoms with Crippen molar-refractivity contribution in [1.82, 2.24) is 29.6 Å². The van der Waals surface area contributed by atoms with E-state index in [1.807, 2.05) is 41.5 Å². The number of hydrogen-bond acceptors (Lipinski definition) is 5. The molecule has 0 spiro atoms. The van der Waals surface area contributed by atoms with Gasteiger partial charge in [-0.3, -0.25) is 9.36 Å². The van der Waals surface area contributed by atoms with E-state index in [-0.39, 0.29) is 11.9 Å². The van der Waals surface area contributed by atoms with E-state index in [0.29, 0.717) is 24.7 Å². The van der Waals surface area contributed by atoms with Crippen molar-refractivity contribution in [2.45, 2.75) is 32.9 Å². The molecule has 0 bridgehead atoms. The van der Waals surface area contributed by atoms with Gasteiger partial charge in [-0.15, -0.1) is 10.2 Å². The van der Waals surface area contributed by atoms with Gasteiger partial charge in [-0.2, -0.15) is 0 Å². The molecular weight excluding hydrogens is 328 g/mol. The monoisotopic (exact) mass is 348 g/mol. The van der Waals surface area contributed by atoms with Gasteiger partial charge >= 0.3 is 0 Å². The lowest BCUT2D eigenvalue weighted by molar-refractivity contribution is -0.136. The number of carbonyl (C=O) groups excluding carboxylic acids is 1. The third-order valence-corrected chi connectivity index (χ3v) is 4.71. The normalized spacial score (nSPS) is 16.6. The summed E-state index contributed by atoms with van der Waals surface area (Å²) in [4.78, 5) is 23.2. The van der Waals surface area contributed by atoms with Crippen molar-refractivity contribution in [3.05, 3.63) is 59.9 Å². The summed E-state index contributed by atoms with van der Waals surface area (Å²) in [6.07, 6.45) is 4.27. The molecule has 1 atom stereocenters. The average Bonchev–Trinajstić information content (AvgIpc) is 3.09. The Hall–Kier alpha value is -3.09. The molecule has 1 aliphatic heterocycles. The lowest BCUT2D eigenvalue weighted by Crippen LogP contribution is -2.42. The van der Waals surface area contributed by atoms with Crippen LogP contribution in [-0.4, -0.2) is 42.1 Å². The van der Waals surface area contributed by atoms with Crippen molar-refractivity contribution in [1.29, 1.82) is 0 Å². The van der Waals surface area contributed by atoms with Crippen molar-refractivity contribution < 1.29 is 4.79 Å². The zero-order valence-electron chi connectivity index (χ0n) is 14.8. The number of aromatic nitrogens is 5. The first-order valence-corrected chi connectivity index (χ1v) is 8.69. The Bertz CT molecular complexity index is 919. The van der Waals surface area contributed by atoms with Crippen LogP contribution in [0, 0.1) is 6.92 Å². The average molecular weight is 348 g/mol. The van der Waals surface area contributed by atoms with Gasteiger partial charge < -0.3 is 4.90 Å². The zero-order valence-corrected chi connectivity index (χ0v) is 14.8. The van der Waals surface area contributed by atoms with Crippen molar-refractivity contribution in [2.75, 3.05) is 6.54 Å². The van der Waals surface area contributed by atoms with Gasteiger partial charge in [0.15, 0.2) is 11.6 Å². The molecule has 0 aliphatic carbocycles. The van der Waals surface area contributed by atoms with Gasteiger partial charge in [0.2, 0.25) is 5.91 Å². The van der Waals surface area contributed by atoms with Gasteiger partial charge in [-0.05, 0) is 25.8 Å². The van der Waals surface area contributed by atoms with E-state index in [9.17, 15) is 4.79 Å². The Morgan fingerprint density at radius 2 is 1.85 bits per heavy atom. The molecule has 132 valence electrons. The molecule has 1 aromatic carbocycles. The van der Waals surface area contributed by atoms with Crippen LogP contribution < -0.4 is 0 Å². The molecule has 0 saturated heterocycles. The molecule has 0 unspecified atom stereocenters. The minimum Gasteiger partial charge on any atom is -0.333 e. The summed E-state index contributed by atoms with van der Waals surface area (Å²) in [5.74, 6) is 2.22. The number of rotatable bonds is 4. The van der Waals surface area contributed by atoms with Crippen LogP contribution in [0.5, 0.6) is 0 Å². The molecule has 7 heteroatoms. The van der Waals surface area contributed by atoms with E-state index >= 15 is 0 Å². The number of nitrogens with zero attached hydrogens (tertiary/aromatic N) is 6. The fourth-order valence-corrected chi connectivity index (χ4v) is 3.26. The molecule has 1 amide bonds. The second kappa shape index (κ2) is 6.67. The first-order chi connectivity index (χ1) is 12.6. The maximum atomic E-state index is 12.9. The number of fused-ring (bicyclic) bond motifs is 1. The van der Waals surface area contributed by atoms with Crippen LogP contribution in [0.25, 0.3) is 11.4 Å². The highest BCUT2D eigenvalue weighted by molar-refractivity contribution is 5.82. The van der Waals surface area contributed by atoms with Crippen molar-refractivity contribution in [3.8, 4) is 11.4 Å². The van der Waals surface area contributed by atoms with Gasteiger partial charge in [-0.25, -0.2) is 9.97 Å². The van der Waals surface area contributed by atoms with Crippen LogP contribution in [-0.2, 0) is 17.8 Å². The van der Waals surface area contributed by atoms with E-state index in [4.69, 9.17) is 0 Å². The zero-order chi connectivity index (χ0) is 18.1. The SMILES string of the molecule is Cc1ncc(-c2nnc3n2[C@H](C)C(=O)N(CCc2ccccc2)C3)cn1. The summed E-state index contributed by atoms with van der Waals surface area (Å²) in [5.41, 5.74) is 1.99. The molecule has 26 heavy (non-hydrogen) atoms. The highest BCUT2D eigenvalue weighted by Gasteiger charge is 2.33. The van der Waals surface area contributed by atoms with E-state index < -0.39 is 0 Å². The predicted molar refractivity (Wildman–Crippen MR) is 96.1 cm³/mol. The lowest BCUT2D eigenvalue weighted by Gasteiger charge is -2.32. The van der Waals surface area contributed by atoms with E-state index in [1.54, 1.807) is 12.4 Å². The van der Waals surface area contributed by atoms with Crippen LogP contribution >= 0.6 is 0 Å². The highest BCUT2D eigenvalue weighted by atomic mass is 16.2. The van der Waals surface area contributed by atoms with Gasteiger partial charge in [-0.1, -0.05) is 30.3 Å². The summed E-state index contributed by atoms with van der Waals surface area (Å²) in [5, 5.41) is 8.60. The molecule has 7 nitrogen and oxygen atoms in total. The fourth-order valence-electron chi connectivity index (χ4n) is 3.26. The predicted octanol–water partition coefficient (Wildman–Crippen LogP) is 2.19. The van der Waals surface area contributed by atoms with Crippen LogP contribution in [0.2, 0.25) is 0 Å². The van der Waals surface area contributed by atoms with Crippen LogP contribution in [0.3, 0.4) is 0 Å². The maximum Gasteiger partial charge on any atom is 0.245 e. The Kier molecular flexibility index (Phi) is 4.20. The molecular formula is C19H20N6O. The third kappa shape index (κ3) is 2.96. The molecule has 2 aromatic heterocycles. The van der Waals surface area contributed by atoms with Crippen LogP contribution in [0.4, 0.5) is 0 Å². The molecule has 0 N–H and O–H groups in total. The minimum atomic E-state index is -0.346. The Morgan fingerprint density at radius 1 is 1.12 bits per heavy atom. The Morgan fingerprint density at radius 3 is 2.58 bits per heavy atom. The third-order valence-electron chi connectivity index (χ3n) is 4.71. The van der Waals surface area contributed by atoms with Crippen molar-refractivity contribution in [3.63, 3.8) is 0 Å². The van der Waals surface area contributed by atoms with E-state index in [2.05, 4.69) is 32.3 Å². The van der Waals surface area contributed by atoms with E-state index in [0.717, 1.165) is 17.8 Å². The van der Waals surface area contributed by atoms with Gasteiger partial charge in [0.05, 0.1) is 12.1 Å². The van der Waals surface area contributed by atoms with E-state index in [1.165, 1.54) is 5.56 Å². The first kappa shape index (κ1) is 16.4. The summed E-state index contributed by atoms with van der Waals surface area (Å²) in [7, 11) is 0. The van der Waals surface area contributed by atoms with Gasteiger partial charge in [0.1, 0.15) is 11.9 Å². The molecule has 0 radical (unpaired) electrons. The molecule has 1 aliphatic rings. The fraction of sp³-hybridized carbons (Fsp3) is 0.316. The van der Waals surface area contributed by atoms with Crippen molar-refractivity contribution in [2.24, 2.45) is 0 Å². The molecule has 0 fully saturated rings. The summed E-state index contributed by atoms with van der Waals surface area (Å²) >= 11 is 0. The Balaban J connectivity index is 1.57. The number of benzene rings is 1. The molecule has 4 rings (SSSR count). The summed E-state index contributed by atoms with van der Waals surface area (Å²) in [6, 6.07) is 9.84. The van der Waals surface area contributed by atoms with Gasteiger partial charge in [0, 0.05) is 18.9 Å². The summed E-state index contributed by atoms with van der Waals surface area (Å²) in [6.45, 7) is 4.86. The molecule has 3 aromatic rings. The number of aryl methyl sites for hydroxylation is 1. The van der Waals surface area contributed by atoms with Crippen molar-refractivity contribution >= 4 is 5.91 Å². The lowest BCUT2D eigenvalue weighted by atomic mass is 10.1. The largest absolute Gasteiger partial charge is 0.333 e. The second-order valence-corrected chi connectivity index (χ2v) is 6.50. The summed E-state index contributed by atoms with van der Waals surface area (Å²) < 4.78 is 1.90. The quantitative estimate of drug-likeness (QED) is 0.722. The standard InChI is InChI=1S/C19H20N6O/c1-13-19(26)24(9-8-15-6-4-3-5-7-15)12-17-22-23-18(25(13)17)16-10-20-14(2)21-11-16/h3-7,10-11,13H,8-9,12H2,1-2H3/t13-/m1/s1. The smallest absolute Gasteiger partial charge is 0.245 e. The topological polar surface area (TPSA) is 76.8 Å². The number of carbonyl (C=O) groups is 1. The second-order valence-electron chi connectivity index (χ2n) is 6.50. The molecule has 0 saturated carbocycles. The highest BCUT2D eigenvalue weighted by Crippen LogP contribution is 2.27. The van der Waals surface area contributed by atoms with Crippen LogP contribution in [0.1, 0.15) is 30.2 Å². The Labute approximate surface area is 151 Å². The maximum absolute atomic E-state index is 12.9. The first-order valence-electron chi connectivity index (χ1n) is 8.69. The minimum absolute atomic E-state index is 0.0857. The molecule has 3 heterocycles.